The first kappa shape index (κ1) is 20.1. The maximum Gasteiger partial charge on any atom is 0.144 e. The number of H-pyrrole nitrogens is 1. The quantitative estimate of drug-likeness (QED) is 0.357. The highest BCUT2D eigenvalue weighted by molar-refractivity contribution is 6.13. The Bertz CT molecular complexity index is 1450. The third-order valence-electron chi connectivity index (χ3n) is 5.78. The lowest BCUT2D eigenvalue weighted by Gasteiger charge is -2.11. The Morgan fingerprint density at radius 3 is 2.66 bits per heavy atom. The van der Waals surface area contributed by atoms with Gasteiger partial charge in [0.2, 0.25) is 0 Å². The van der Waals surface area contributed by atoms with Gasteiger partial charge in [0.15, 0.2) is 0 Å². The Morgan fingerprint density at radius 2 is 1.94 bits per heavy atom. The van der Waals surface area contributed by atoms with Crippen molar-refractivity contribution in [3.05, 3.63) is 59.2 Å². The third-order valence-corrected chi connectivity index (χ3v) is 5.78. The first-order chi connectivity index (χ1) is 15.5. The van der Waals surface area contributed by atoms with E-state index >= 15 is 0 Å². The SMILES string of the molecule is CCc1cccc(Nc2nc(C)nc3[nH]c4cc(-c5c(C)noc5C)c(OC)cc4c23)c1. The largest absolute Gasteiger partial charge is 0.496 e. The molecule has 0 saturated carbocycles. The maximum atomic E-state index is 5.77. The van der Waals surface area contributed by atoms with Crippen LogP contribution in [0, 0.1) is 20.8 Å². The monoisotopic (exact) mass is 427 g/mol. The van der Waals surface area contributed by atoms with Crippen LogP contribution >= 0.6 is 0 Å². The molecule has 32 heavy (non-hydrogen) atoms. The van der Waals surface area contributed by atoms with Gasteiger partial charge in [-0.3, -0.25) is 0 Å². The number of benzene rings is 2. The van der Waals surface area contributed by atoms with E-state index in [-0.39, 0.29) is 0 Å². The summed E-state index contributed by atoms with van der Waals surface area (Å²) in [7, 11) is 1.67. The van der Waals surface area contributed by atoms with Crippen molar-refractivity contribution >= 4 is 33.4 Å². The summed E-state index contributed by atoms with van der Waals surface area (Å²) >= 11 is 0. The molecule has 0 spiro atoms. The number of anilines is 2. The van der Waals surface area contributed by atoms with Crippen LogP contribution in [0.1, 0.15) is 29.8 Å². The molecule has 0 atom stereocenters. The van der Waals surface area contributed by atoms with Crippen molar-refractivity contribution in [1.29, 1.82) is 0 Å². The van der Waals surface area contributed by atoms with Crippen LogP contribution < -0.4 is 10.1 Å². The summed E-state index contributed by atoms with van der Waals surface area (Å²) in [4.78, 5) is 12.8. The van der Waals surface area contributed by atoms with Gasteiger partial charge in [-0.2, -0.15) is 0 Å². The molecule has 0 aliphatic heterocycles. The Labute approximate surface area is 185 Å². The second-order valence-electron chi connectivity index (χ2n) is 7.94. The third kappa shape index (κ3) is 3.26. The van der Waals surface area contributed by atoms with E-state index < -0.39 is 0 Å². The predicted molar refractivity (Wildman–Crippen MR) is 127 cm³/mol. The van der Waals surface area contributed by atoms with Gasteiger partial charge in [-0.15, -0.1) is 0 Å². The molecule has 5 rings (SSSR count). The number of aryl methyl sites for hydroxylation is 4. The van der Waals surface area contributed by atoms with Crippen molar-refractivity contribution < 1.29 is 9.26 Å². The molecule has 7 heteroatoms. The van der Waals surface area contributed by atoms with Crippen LogP contribution in [0.4, 0.5) is 11.5 Å². The summed E-state index contributed by atoms with van der Waals surface area (Å²) in [6, 6.07) is 12.5. The molecule has 3 aromatic heterocycles. The van der Waals surface area contributed by atoms with E-state index in [0.29, 0.717) is 5.82 Å². The van der Waals surface area contributed by atoms with Crippen molar-refractivity contribution in [1.82, 2.24) is 20.1 Å². The number of aromatic nitrogens is 4. The van der Waals surface area contributed by atoms with E-state index in [1.165, 1.54) is 5.56 Å². The fourth-order valence-electron chi connectivity index (χ4n) is 4.26. The van der Waals surface area contributed by atoms with Gasteiger partial charge in [-0.25, -0.2) is 9.97 Å². The van der Waals surface area contributed by atoms with Crippen molar-refractivity contribution in [3.63, 3.8) is 0 Å². The van der Waals surface area contributed by atoms with Crippen molar-refractivity contribution in [3.8, 4) is 16.9 Å². The zero-order valence-corrected chi connectivity index (χ0v) is 18.8. The number of hydrogen-bond donors (Lipinski definition) is 2. The first-order valence-electron chi connectivity index (χ1n) is 10.7. The minimum atomic E-state index is 0.691. The average Bonchev–Trinajstić information content (AvgIpc) is 3.30. The molecule has 0 aliphatic carbocycles. The van der Waals surface area contributed by atoms with Crippen LogP contribution in [0.25, 0.3) is 33.1 Å². The van der Waals surface area contributed by atoms with Gasteiger partial charge < -0.3 is 19.6 Å². The molecule has 2 aromatic carbocycles. The number of nitrogens with zero attached hydrogens (tertiary/aromatic N) is 3. The summed E-state index contributed by atoms with van der Waals surface area (Å²) in [5.74, 6) is 2.95. The fourth-order valence-corrected chi connectivity index (χ4v) is 4.26. The van der Waals surface area contributed by atoms with Crippen LogP contribution in [0.5, 0.6) is 5.75 Å². The van der Waals surface area contributed by atoms with Crippen LogP contribution in [0.3, 0.4) is 0 Å². The second kappa shape index (κ2) is 7.67. The number of hydrogen-bond acceptors (Lipinski definition) is 6. The molecule has 0 unspecified atom stereocenters. The van der Waals surface area contributed by atoms with Crippen molar-refractivity contribution in [2.24, 2.45) is 0 Å². The maximum absolute atomic E-state index is 5.77. The smallest absolute Gasteiger partial charge is 0.144 e. The number of fused-ring (bicyclic) bond motifs is 3. The van der Waals surface area contributed by atoms with Crippen LogP contribution in [-0.2, 0) is 6.42 Å². The fraction of sp³-hybridized carbons (Fsp3) is 0.240. The second-order valence-corrected chi connectivity index (χ2v) is 7.94. The molecule has 0 saturated heterocycles. The Morgan fingerprint density at radius 1 is 1.09 bits per heavy atom. The molecule has 7 nitrogen and oxygen atoms in total. The lowest BCUT2D eigenvalue weighted by atomic mass is 10.0. The van der Waals surface area contributed by atoms with Gasteiger partial charge in [-0.1, -0.05) is 24.2 Å². The Balaban J connectivity index is 1.73. The number of aromatic amines is 1. The summed E-state index contributed by atoms with van der Waals surface area (Å²) < 4.78 is 11.2. The van der Waals surface area contributed by atoms with Crippen LogP contribution in [-0.4, -0.2) is 27.2 Å². The Hall–Kier alpha value is -3.87. The molecule has 0 aliphatic rings. The molecule has 0 bridgehead atoms. The summed E-state index contributed by atoms with van der Waals surface area (Å²) in [6.45, 7) is 7.89. The van der Waals surface area contributed by atoms with Gasteiger partial charge in [0.05, 0.1) is 23.8 Å². The molecule has 0 fully saturated rings. The van der Waals surface area contributed by atoms with Gasteiger partial charge in [0, 0.05) is 22.2 Å². The predicted octanol–water partition coefficient (Wildman–Crippen LogP) is 6.01. The summed E-state index contributed by atoms with van der Waals surface area (Å²) in [5.41, 5.74) is 6.68. The molecule has 0 amide bonds. The average molecular weight is 428 g/mol. The number of nitrogens with one attached hydrogen (secondary N) is 2. The van der Waals surface area contributed by atoms with E-state index in [9.17, 15) is 0 Å². The molecule has 3 heterocycles. The van der Waals surface area contributed by atoms with Gasteiger partial charge in [0.1, 0.15) is 28.8 Å². The molecule has 2 N–H and O–H groups in total. The minimum absolute atomic E-state index is 0.691. The van der Waals surface area contributed by atoms with Gasteiger partial charge >= 0.3 is 0 Å². The highest BCUT2D eigenvalue weighted by Gasteiger charge is 2.20. The zero-order chi connectivity index (χ0) is 22.4. The van der Waals surface area contributed by atoms with Crippen LogP contribution in [0.15, 0.2) is 40.9 Å². The molecule has 0 radical (unpaired) electrons. The summed E-state index contributed by atoms with van der Waals surface area (Å²) in [5, 5.41) is 9.52. The highest BCUT2D eigenvalue weighted by atomic mass is 16.5. The zero-order valence-electron chi connectivity index (χ0n) is 18.8. The van der Waals surface area contributed by atoms with Crippen molar-refractivity contribution in [2.45, 2.75) is 34.1 Å². The van der Waals surface area contributed by atoms with E-state index in [2.05, 4.69) is 51.6 Å². The number of methoxy groups -OCH3 is 1. The molecular weight excluding hydrogens is 402 g/mol. The van der Waals surface area contributed by atoms with E-state index in [1.807, 2.05) is 32.9 Å². The molecule has 162 valence electrons. The lowest BCUT2D eigenvalue weighted by molar-refractivity contribution is 0.393. The molecular formula is C25H25N5O2. The van der Waals surface area contributed by atoms with Gasteiger partial charge in [-0.05, 0) is 57.0 Å². The first-order valence-corrected chi connectivity index (χ1v) is 10.7. The topological polar surface area (TPSA) is 88.9 Å². The van der Waals surface area contributed by atoms with E-state index in [4.69, 9.17) is 14.2 Å². The Kier molecular flexibility index (Phi) is 4.81. The summed E-state index contributed by atoms with van der Waals surface area (Å²) in [6.07, 6.45) is 0.975. The van der Waals surface area contributed by atoms with Gasteiger partial charge in [0.25, 0.3) is 0 Å². The number of rotatable bonds is 5. The van der Waals surface area contributed by atoms with Crippen molar-refractivity contribution in [2.75, 3.05) is 12.4 Å². The standard InChI is InChI=1S/C25H25N5O2/c1-6-16-8-7-9-17(10-16)28-24-23-18-12-21(31-5)19(22-13(2)30-32-14(22)3)11-20(18)29-25(23)27-15(4)26-24/h7-12H,6H2,1-5H3,(H2,26,27,28,29). The van der Waals surface area contributed by atoms with E-state index in [0.717, 1.165) is 68.2 Å². The normalized spacial score (nSPS) is 11.4. The number of ether oxygens (including phenoxy) is 1. The minimum Gasteiger partial charge on any atom is -0.496 e. The van der Waals surface area contributed by atoms with Crippen LogP contribution in [0.2, 0.25) is 0 Å². The molecule has 5 aromatic rings. The highest BCUT2D eigenvalue weighted by Crippen LogP contribution is 2.40. The lowest BCUT2D eigenvalue weighted by Crippen LogP contribution is -1.99. The van der Waals surface area contributed by atoms with E-state index in [1.54, 1.807) is 7.11 Å².